The van der Waals surface area contributed by atoms with E-state index < -0.39 is 0 Å². The first-order valence-electron chi connectivity index (χ1n) is 9.17. The van der Waals surface area contributed by atoms with Gasteiger partial charge in [-0.1, -0.05) is 32.1 Å². The molecule has 4 N–H and O–H groups in total. The zero-order valence-corrected chi connectivity index (χ0v) is 14.1. The molecule has 0 amide bonds. The molecule has 130 valence electrons. The maximum atomic E-state index is 10.5. The summed E-state index contributed by atoms with van der Waals surface area (Å²) in [6.07, 6.45) is 11.3. The van der Waals surface area contributed by atoms with Gasteiger partial charge in [0.15, 0.2) is 5.82 Å². The lowest BCUT2D eigenvalue weighted by Gasteiger charge is -2.25. The molecule has 2 aliphatic rings. The van der Waals surface area contributed by atoms with Crippen molar-refractivity contribution in [1.29, 1.82) is 0 Å². The smallest absolute Gasteiger partial charge is 0.151 e. The highest BCUT2D eigenvalue weighted by Gasteiger charge is 2.33. The summed E-state index contributed by atoms with van der Waals surface area (Å²) in [6, 6.07) is 0. The summed E-state index contributed by atoms with van der Waals surface area (Å²) < 4.78 is 0. The lowest BCUT2D eigenvalue weighted by molar-refractivity contribution is 0.123. The molecule has 6 heteroatoms. The number of nitrogens with two attached hydrogens (primary N) is 1. The SMILES string of the molecule is Nc1ncnc2c(CN3CC(O)[C@@H](CC4CCCCC4)C3)c[nH]c12. The van der Waals surface area contributed by atoms with Gasteiger partial charge in [-0.05, 0) is 18.3 Å². The number of aliphatic hydroxyl groups is 1. The van der Waals surface area contributed by atoms with Crippen LogP contribution in [-0.2, 0) is 6.54 Å². The Kier molecular flexibility index (Phi) is 4.41. The molecule has 1 unspecified atom stereocenters. The van der Waals surface area contributed by atoms with E-state index in [1.165, 1.54) is 44.9 Å². The van der Waals surface area contributed by atoms with E-state index in [1.54, 1.807) is 0 Å². The molecule has 0 spiro atoms. The Morgan fingerprint density at radius 2 is 2.04 bits per heavy atom. The fourth-order valence-corrected chi connectivity index (χ4v) is 4.53. The molecule has 1 aliphatic heterocycles. The molecular weight excluding hydrogens is 302 g/mol. The van der Waals surface area contributed by atoms with Crippen LogP contribution in [0.4, 0.5) is 5.82 Å². The van der Waals surface area contributed by atoms with Crippen molar-refractivity contribution >= 4 is 16.9 Å². The zero-order valence-electron chi connectivity index (χ0n) is 14.1. The van der Waals surface area contributed by atoms with Gasteiger partial charge in [-0.25, -0.2) is 9.97 Å². The highest BCUT2D eigenvalue weighted by Crippen LogP contribution is 2.33. The van der Waals surface area contributed by atoms with Crippen molar-refractivity contribution in [2.24, 2.45) is 11.8 Å². The summed E-state index contributed by atoms with van der Waals surface area (Å²) in [5, 5.41) is 10.5. The van der Waals surface area contributed by atoms with E-state index in [0.717, 1.165) is 42.1 Å². The summed E-state index contributed by atoms with van der Waals surface area (Å²) in [4.78, 5) is 13.9. The Balaban J connectivity index is 1.41. The molecule has 4 rings (SSSR count). The van der Waals surface area contributed by atoms with E-state index in [-0.39, 0.29) is 6.10 Å². The number of aromatic amines is 1. The van der Waals surface area contributed by atoms with E-state index in [0.29, 0.717) is 11.7 Å². The number of nitrogens with zero attached hydrogens (tertiary/aromatic N) is 3. The second-order valence-electron chi connectivity index (χ2n) is 7.56. The largest absolute Gasteiger partial charge is 0.391 e. The number of likely N-dealkylation sites (tertiary alicyclic amines) is 1. The number of fused-ring (bicyclic) bond motifs is 1. The molecule has 1 saturated heterocycles. The number of nitrogens with one attached hydrogen (secondary N) is 1. The Morgan fingerprint density at radius 3 is 2.88 bits per heavy atom. The van der Waals surface area contributed by atoms with E-state index in [2.05, 4.69) is 19.9 Å². The van der Waals surface area contributed by atoms with Gasteiger partial charge in [0.2, 0.25) is 0 Å². The minimum absolute atomic E-state index is 0.197. The average molecular weight is 329 g/mol. The first kappa shape index (κ1) is 15.8. The van der Waals surface area contributed by atoms with Crippen molar-refractivity contribution in [1.82, 2.24) is 19.9 Å². The van der Waals surface area contributed by atoms with Gasteiger partial charge in [0.1, 0.15) is 11.8 Å². The molecule has 6 nitrogen and oxygen atoms in total. The number of H-pyrrole nitrogens is 1. The standard InChI is InChI=1S/C18H27N5O/c19-18-17-16(21-11-22-18)14(7-20-17)9-23-8-13(15(24)10-23)6-12-4-2-1-3-5-12/h7,11-13,15,20,24H,1-6,8-10H2,(H2,19,21,22)/t13-,15?/m0/s1. The van der Waals surface area contributed by atoms with Gasteiger partial charge in [0.05, 0.1) is 11.6 Å². The highest BCUT2D eigenvalue weighted by atomic mass is 16.3. The Labute approximate surface area is 142 Å². The summed E-state index contributed by atoms with van der Waals surface area (Å²) in [7, 11) is 0. The van der Waals surface area contributed by atoms with Crippen molar-refractivity contribution in [2.45, 2.75) is 51.2 Å². The number of anilines is 1. The molecule has 3 heterocycles. The number of rotatable bonds is 4. The van der Waals surface area contributed by atoms with Crippen LogP contribution in [0.2, 0.25) is 0 Å². The van der Waals surface area contributed by atoms with Crippen LogP contribution in [0.1, 0.15) is 44.1 Å². The van der Waals surface area contributed by atoms with Gasteiger partial charge in [-0.3, -0.25) is 4.90 Å². The molecule has 1 saturated carbocycles. The van der Waals surface area contributed by atoms with Crippen molar-refractivity contribution in [3.63, 3.8) is 0 Å². The van der Waals surface area contributed by atoms with Crippen molar-refractivity contribution in [2.75, 3.05) is 18.8 Å². The molecule has 24 heavy (non-hydrogen) atoms. The van der Waals surface area contributed by atoms with Crippen LogP contribution >= 0.6 is 0 Å². The topological polar surface area (TPSA) is 91.1 Å². The zero-order chi connectivity index (χ0) is 16.5. The monoisotopic (exact) mass is 329 g/mol. The normalized spacial score (nSPS) is 26.4. The van der Waals surface area contributed by atoms with Crippen LogP contribution in [0.15, 0.2) is 12.5 Å². The van der Waals surface area contributed by atoms with Crippen LogP contribution in [-0.4, -0.2) is 44.2 Å². The van der Waals surface area contributed by atoms with E-state index in [9.17, 15) is 5.11 Å². The fraction of sp³-hybridized carbons (Fsp3) is 0.667. The van der Waals surface area contributed by atoms with Crippen molar-refractivity contribution < 1.29 is 5.11 Å². The molecule has 2 fully saturated rings. The second kappa shape index (κ2) is 6.69. The summed E-state index contributed by atoms with van der Waals surface area (Å²) in [5.41, 5.74) is 8.73. The Morgan fingerprint density at radius 1 is 1.21 bits per heavy atom. The Hall–Kier alpha value is -1.66. The van der Waals surface area contributed by atoms with Gasteiger partial charge >= 0.3 is 0 Å². The predicted octanol–water partition coefficient (Wildman–Crippen LogP) is 2.30. The minimum atomic E-state index is -0.197. The first-order chi connectivity index (χ1) is 11.7. The van der Waals surface area contributed by atoms with Crippen LogP contribution < -0.4 is 5.73 Å². The highest BCUT2D eigenvalue weighted by molar-refractivity contribution is 5.86. The number of β-amino-alcohol motifs (C(OH)–C–C–N with tert-alkyl or cyclic N) is 1. The third kappa shape index (κ3) is 3.13. The minimum Gasteiger partial charge on any atom is -0.391 e. The van der Waals surface area contributed by atoms with Gasteiger partial charge in [-0.15, -0.1) is 0 Å². The predicted molar refractivity (Wildman–Crippen MR) is 94.3 cm³/mol. The molecule has 2 atom stereocenters. The summed E-state index contributed by atoms with van der Waals surface area (Å²) >= 11 is 0. The molecule has 0 radical (unpaired) electrons. The van der Waals surface area contributed by atoms with Crippen molar-refractivity contribution in [3.05, 3.63) is 18.1 Å². The number of nitrogen functional groups attached to an aromatic ring is 1. The van der Waals surface area contributed by atoms with Gasteiger partial charge in [-0.2, -0.15) is 0 Å². The van der Waals surface area contributed by atoms with Crippen LogP contribution in [0, 0.1) is 11.8 Å². The maximum absolute atomic E-state index is 10.5. The number of aliphatic hydroxyl groups excluding tert-OH is 1. The second-order valence-corrected chi connectivity index (χ2v) is 7.56. The quantitative estimate of drug-likeness (QED) is 0.800. The van der Waals surface area contributed by atoms with E-state index in [4.69, 9.17) is 5.73 Å². The van der Waals surface area contributed by atoms with Gasteiger partial charge in [0, 0.05) is 31.4 Å². The summed E-state index contributed by atoms with van der Waals surface area (Å²) in [5.74, 6) is 1.72. The number of hydrogen-bond donors (Lipinski definition) is 3. The summed E-state index contributed by atoms with van der Waals surface area (Å²) in [6.45, 7) is 2.53. The third-order valence-corrected chi connectivity index (χ3v) is 5.81. The number of hydrogen-bond acceptors (Lipinski definition) is 5. The third-order valence-electron chi connectivity index (χ3n) is 5.81. The maximum Gasteiger partial charge on any atom is 0.151 e. The molecule has 2 aromatic heterocycles. The lowest BCUT2D eigenvalue weighted by atomic mass is 9.82. The molecule has 2 aromatic rings. The van der Waals surface area contributed by atoms with Gasteiger partial charge in [0.25, 0.3) is 0 Å². The molecule has 0 aromatic carbocycles. The first-order valence-corrected chi connectivity index (χ1v) is 9.17. The lowest BCUT2D eigenvalue weighted by Crippen LogP contribution is -2.22. The average Bonchev–Trinajstić information content (AvgIpc) is 3.14. The fourth-order valence-electron chi connectivity index (χ4n) is 4.53. The van der Waals surface area contributed by atoms with E-state index in [1.807, 2.05) is 6.20 Å². The van der Waals surface area contributed by atoms with Gasteiger partial charge < -0.3 is 15.8 Å². The molecule has 0 bridgehead atoms. The van der Waals surface area contributed by atoms with Crippen LogP contribution in [0.5, 0.6) is 0 Å². The Bertz CT molecular complexity index is 694. The molecule has 1 aliphatic carbocycles. The van der Waals surface area contributed by atoms with E-state index >= 15 is 0 Å². The van der Waals surface area contributed by atoms with Crippen LogP contribution in [0.3, 0.4) is 0 Å². The number of aromatic nitrogens is 3. The van der Waals surface area contributed by atoms with Crippen LogP contribution in [0.25, 0.3) is 11.0 Å². The van der Waals surface area contributed by atoms with Crippen molar-refractivity contribution in [3.8, 4) is 0 Å². The molecular formula is C18H27N5O.